The van der Waals surface area contributed by atoms with Gasteiger partial charge in [-0.15, -0.1) is 0 Å². The van der Waals surface area contributed by atoms with Gasteiger partial charge in [-0.25, -0.2) is 8.42 Å². The first-order valence-corrected chi connectivity index (χ1v) is 8.24. The standard InChI is InChI=1S/C15H16ClNO4S/c1-10-8-11(20-2)5-7-15(10)22(18,19)17-14-6-4-12(21-3)9-13(14)16/h4-9,17H,1-3H3. The number of halogens is 1. The van der Waals surface area contributed by atoms with E-state index in [-0.39, 0.29) is 15.6 Å². The molecule has 22 heavy (non-hydrogen) atoms. The van der Waals surface area contributed by atoms with Gasteiger partial charge in [0.25, 0.3) is 10.0 Å². The van der Waals surface area contributed by atoms with E-state index in [9.17, 15) is 8.42 Å². The molecule has 0 saturated heterocycles. The molecule has 0 bridgehead atoms. The highest BCUT2D eigenvalue weighted by Crippen LogP contribution is 2.29. The number of sulfonamides is 1. The monoisotopic (exact) mass is 341 g/mol. The molecule has 0 aliphatic carbocycles. The molecule has 0 fully saturated rings. The third-order valence-electron chi connectivity index (χ3n) is 3.09. The molecule has 0 amide bonds. The molecule has 5 nitrogen and oxygen atoms in total. The van der Waals surface area contributed by atoms with Gasteiger partial charge in [-0.05, 0) is 42.8 Å². The molecular weight excluding hydrogens is 326 g/mol. The molecule has 0 saturated carbocycles. The van der Waals surface area contributed by atoms with Crippen molar-refractivity contribution in [2.24, 2.45) is 0 Å². The molecule has 7 heteroatoms. The van der Waals surface area contributed by atoms with E-state index in [2.05, 4.69) is 4.72 Å². The van der Waals surface area contributed by atoms with Crippen LogP contribution in [0.25, 0.3) is 0 Å². The van der Waals surface area contributed by atoms with Crippen molar-refractivity contribution in [2.45, 2.75) is 11.8 Å². The Morgan fingerprint density at radius 3 is 2.14 bits per heavy atom. The molecule has 0 aromatic heterocycles. The number of hydrogen-bond donors (Lipinski definition) is 1. The Morgan fingerprint density at radius 1 is 1.00 bits per heavy atom. The van der Waals surface area contributed by atoms with Gasteiger partial charge in [-0.2, -0.15) is 0 Å². The second kappa shape index (κ2) is 6.46. The van der Waals surface area contributed by atoms with Crippen LogP contribution in [-0.2, 0) is 10.0 Å². The zero-order valence-corrected chi connectivity index (χ0v) is 14.0. The fourth-order valence-electron chi connectivity index (χ4n) is 1.96. The maximum Gasteiger partial charge on any atom is 0.262 e. The third kappa shape index (κ3) is 3.45. The van der Waals surface area contributed by atoms with Crippen LogP contribution in [0.5, 0.6) is 11.5 Å². The SMILES string of the molecule is COc1ccc(S(=O)(=O)Nc2ccc(OC)cc2Cl)c(C)c1. The predicted octanol–water partition coefficient (Wildman–Crippen LogP) is 3.47. The zero-order chi connectivity index (χ0) is 16.3. The fraction of sp³-hybridized carbons (Fsp3) is 0.200. The second-order valence-electron chi connectivity index (χ2n) is 4.58. The minimum atomic E-state index is -3.74. The first kappa shape index (κ1) is 16.5. The van der Waals surface area contributed by atoms with Gasteiger partial charge in [0.05, 0.1) is 29.8 Å². The lowest BCUT2D eigenvalue weighted by Gasteiger charge is -2.13. The summed E-state index contributed by atoms with van der Waals surface area (Å²) in [5.74, 6) is 1.15. The molecule has 1 N–H and O–H groups in total. The van der Waals surface area contributed by atoms with E-state index < -0.39 is 10.0 Å². The van der Waals surface area contributed by atoms with Crippen molar-refractivity contribution >= 4 is 27.3 Å². The van der Waals surface area contributed by atoms with Crippen molar-refractivity contribution in [1.82, 2.24) is 0 Å². The number of aryl methyl sites for hydroxylation is 1. The molecule has 2 rings (SSSR count). The average molecular weight is 342 g/mol. The predicted molar refractivity (Wildman–Crippen MR) is 86.5 cm³/mol. The van der Waals surface area contributed by atoms with E-state index in [1.54, 1.807) is 37.3 Å². The molecule has 0 atom stereocenters. The highest BCUT2D eigenvalue weighted by molar-refractivity contribution is 7.92. The maximum atomic E-state index is 12.5. The largest absolute Gasteiger partial charge is 0.497 e. The quantitative estimate of drug-likeness (QED) is 0.904. The Bertz CT molecular complexity index is 790. The normalized spacial score (nSPS) is 11.1. The van der Waals surface area contributed by atoms with Crippen LogP contribution in [-0.4, -0.2) is 22.6 Å². The molecule has 0 spiro atoms. The van der Waals surface area contributed by atoms with E-state index in [1.807, 2.05) is 0 Å². The van der Waals surface area contributed by atoms with Crippen LogP contribution in [0.2, 0.25) is 5.02 Å². The molecule has 0 radical (unpaired) electrons. The fourth-order valence-corrected chi connectivity index (χ4v) is 3.54. The van der Waals surface area contributed by atoms with E-state index in [0.717, 1.165) is 0 Å². The lowest BCUT2D eigenvalue weighted by molar-refractivity contribution is 0.414. The molecule has 0 unspecified atom stereocenters. The summed E-state index contributed by atoms with van der Waals surface area (Å²) in [7, 11) is -0.706. The van der Waals surface area contributed by atoms with Gasteiger partial charge in [-0.3, -0.25) is 4.72 Å². The summed E-state index contributed by atoms with van der Waals surface area (Å²) in [5.41, 5.74) is 0.870. The van der Waals surface area contributed by atoms with E-state index in [0.29, 0.717) is 17.1 Å². The van der Waals surface area contributed by atoms with Crippen molar-refractivity contribution in [3.63, 3.8) is 0 Å². The number of anilines is 1. The summed E-state index contributed by atoms with van der Waals surface area (Å²) < 4.78 is 37.6. The van der Waals surface area contributed by atoms with Crippen molar-refractivity contribution in [3.8, 4) is 11.5 Å². The summed E-state index contributed by atoms with van der Waals surface area (Å²) >= 11 is 6.06. The van der Waals surface area contributed by atoms with Crippen LogP contribution >= 0.6 is 11.6 Å². The number of hydrogen-bond acceptors (Lipinski definition) is 4. The third-order valence-corrected chi connectivity index (χ3v) is 4.93. The second-order valence-corrected chi connectivity index (χ2v) is 6.64. The first-order chi connectivity index (χ1) is 10.4. The molecule has 0 aliphatic rings. The number of ether oxygens (including phenoxy) is 2. The van der Waals surface area contributed by atoms with Gasteiger partial charge in [-0.1, -0.05) is 11.6 Å². The summed E-state index contributed by atoms with van der Waals surface area (Å²) in [6.07, 6.45) is 0. The number of nitrogens with one attached hydrogen (secondary N) is 1. The smallest absolute Gasteiger partial charge is 0.262 e. The van der Waals surface area contributed by atoms with Crippen LogP contribution in [0.4, 0.5) is 5.69 Å². The molecule has 0 aliphatic heterocycles. The van der Waals surface area contributed by atoms with Crippen LogP contribution in [0.15, 0.2) is 41.3 Å². The maximum absolute atomic E-state index is 12.5. The van der Waals surface area contributed by atoms with Gasteiger partial charge in [0.2, 0.25) is 0 Å². The lowest BCUT2D eigenvalue weighted by atomic mass is 10.2. The number of rotatable bonds is 5. The zero-order valence-electron chi connectivity index (χ0n) is 12.4. The Morgan fingerprint density at radius 2 is 1.59 bits per heavy atom. The molecule has 2 aromatic rings. The highest BCUT2D eigenvalue weighted by Gasteiger charge is 2.18. The Balaban J connectivity index is 2.36. The minimum absolute atomic E-state index is 0.167. The van der Waals surface area contributed by atoms with Crippen molar-refractivity contribution < 1.29 is 17.9 Å². The van der Waals surface area contributed by atoms with Gasteiger partial charge >= 0.3 is 0 Å². The topological polar surface area (TPSA) is 64.6 Å². The summed E-state index contributed by atoms with van der Waals surface area (Å²) in [4.78, 5) is 0.167. The molecular formula is C15H16ClNO4S. The van der Waals surface area contributed by atoms with Crippen LogP contribution in [0.1, 0.15) is 5.56 Å². The summed E-state index contributed by atoms with van der Waals surface area (Å²) in [6.45, 7) is 1.70. The van der Waals surface area contributed by atoms with Gasteiger partial charge in [0.1, 0.15) is 11.5 Å². The lowest BCUT2D eigenvalue weighted by Crippen LogP contribution is -2.14. The summed E-state index contributed by atoms with van der Waals surface area (Å²) in [6, 6.07) is 9.47. The van der Waals surface area contributed by atoms with Gasteiger partial charge in [0.15, 0.2) is 0 Å². The molecule has 2 aromatic carbocycles. The van der Waals surface area contributed by atoms with Crippen LogP contribution < -0.4 is 14.2 Å². The summed E-state index contributed by atoms with van der Waals surface area (Å²) in [5, 5.41) is 0.258. The molecule has 0 heterocycles. The van der Waals surface area contributed by atoms with E-state index in [1.165, 1.54) is 20.3 Å². The first-order valence-electron chi connectivity index (χ1n) is 6.38. The van der Waals surface area contributed by atoms with Gasteiger partial charge in [0, 0.05) is 6.07 Å². The van der Waals surface area contributed by atoms with Crippen molar-refractivity contribution in [1.29, 1.82) is 0 Å². The highest BCUT2D eigenvalue weighted by atomic mass is 35.5. The van der Waals surface area contributed by atoms with Crippen LogP contribution in [0, 0.1) is 6.92 Å². The Kier molecular flexibility index (Phi) is 4.83. The van der Waals surface area contributed by atoms with Crippen LogP contribution in [0.3, 0.4) is 0 Å². The average Bonchev–Trinajstić information content (AvgIpc) is 2.48. The van der Waals surface area contributed by atoms with E-state index in [4.69, 9.17) is 21.1 Å². The van der Waals surface area contributed by atoms with Gasteiger partial charge < -0.3 is 9.47 Å². The minimum Gasteiger partial charge on any atom is -0.497 e. The Labute approximate surface area is 134 Å². The van der Waals surface area contributed by atoms with E-state index >= 15 is 0 Å². The van der Waals surface area contributed by atoms with Crippen molar-refractivity contribution in [2.75, 3.05) is 18.9 Å². The number of benzene rings is 2. The Hall–Kier alpha value is -1.92. The molecule has 118 valence electrons. The van der Waals surface area contributed by atoms with Crippen molar-refractivity contribution in [3.05, 3.63) is 47.0 Å². The number of methoxy groups -OCH3 is 2.